The second kappa shape index (κ2) is 3.97. The van der Waals surface area contributed by atoms with Gasteiger partial charge in [-0.25, -0.2) is 0 Å². The minimum atomic E-state index is 0.198. The van der Waals surface area contributed by atoms with E-state index in [9.17, 15) is 0 Å². The summed E-state index contributed by atoms with van der Waals surface area (Å²) in [5.74, 6) is 0.528. The lowest BCUT2D eigenvalue weighted by Gasteiger charge is -2.01. The Hall–Kier alpha value is -1.22. The summed E-state index contributed by atoms with van der Waals surface area (Å²) in [6, 6.07) is 6.41. The number of aromatic hydroxyl groups is 1. The summed E-state index contributed by atoms with van der Waals surface area (Å²) in [4.78, 5) is 0. The van der Waals surface area contributed by atoms with Gasteiger partial charge in [-0.05, 0) is 24.3 Å². The minimum absolute atomic E-state index is 0.198. The van der Waals surface area contributed by atoms with Gasteiger partial charge in [0.15, 0.2) is 0 Å². The third-order valence-corrected chi connectivity index (χ3v) is 1.54. The van der Waals surface area contributed by atoms with Crippen molar-refractivity contribution in [3.8, 4) is 5.75 Å². The molecule has 0 amide bonds. The van der Waals surface area contributed by atoms with Crippen LogP contribution in [0, 0.1) is 0 Å². The van der Waals surface area contributed by atoms with Gasteiger partial charge in [0.2, 0.25) is 5.90 Å². The molecule has 0 fully saturated rings. The first-order chi connectivity index (χ1) is 5.77. The molecule has 1 aromatic rings. The number of rotatable bonds is 1. The van der Waals surface area contributed by atoms with Crippen LogP contribution >= 0.6 is 11.8 Å². The van der Waals surface area contributed by atoms with Gasteiger partial charge in [0, 0.05) is 17.3 Å². The molecule has 0 heterocycles. The average molecular weight is 186 g/mol. The van der Waals surface area contributed by atoms with Crippen molar-refractivity contribution in [2.75, 3.05) is 7.11 Å². The summed E-state index contributed by atoms with van der Waals surface area (Å²) in [6.07, 6.45) is 0. The van der Waals surface area contributed by atoms with Crippen molar-refractivity contribution in [3.63, 3.8) is 0 Å². The number of hydrogen-bond acceptors (Lipinski definition) is 3. The third kappa shape index (κ3) is 1.89. The largest absolute Gasteiger partial charge is 0.508 e. The van der Waals surface area contributed by atoms with Crippen LogP contribution in [-0.4, -0.2) is 18.1 Å². The molecule has 1 aromatic carbocycles. The van der Waals surface area contributed by atoms with Gasteiger partial charge in [0.1, 0.15) is 5.75 Å². The quantitative estimate of drug-likeness (QED) is 0.537. The van der Waals surface area contributed by atoms with E-state index in [2.05, 4.69) is 4.51 Å². The number of phenols is 1. The molecule has 0 aliphatic carbocycles. The fourth-order valence-electron chi connectivity index (χ4n) is 0.805. The highest BCUT2D eigenvalue weighted by atomic mass is 35.5. The van der Waals surface area contributed by atoms with Gasteiger partial charge in [0.05, 0.1) is 7.11 Å². The Bertz CT molecular complexity index is 282. The summed E-state index contributed by atoms with van der Waals surface area (Å²) < 4.78 is 8.25. The van der Waals surface area contributed by atoms with Gasteiger partial charge in [-0.3, -0.25) is 0 Å². The minimum Gasteiger partial charge on any atom is -0.508 e. The molecular weight excluding hydrogens is 178 g/mol. The number of halogens is 1. The normalized spacial score (nSPS) is 11.3. The Morgan fingerprint density at radius 2 is 2.00 bits per heavy atom. The number of nitrogens with zero attached hydrogens (tertiary/aromatic N) is 1. The van der Waals surface area contributed by atoms with E-state index in [1.54, 1.807) is 12.1 Å². The molecule has 3 nitrogen and oxygen atoms in total. The van der Waals surface area contributed by atoms with E-state index in [4.69, 9.17) is 21.6 Å². The van der Waals surface area contributed by atoms with Crippen LogP contribution < -0.4 is 0 Å². The molecule has 0 aromatic heterocycles. The van der Waals surface area contributed by atoms with Crippen LogP contribution in [0.15, 0.2) is 28.8 Å². The van der Waals surface area contributed by atoms with E-state index in [1.165, 1.54) is 19.2 Å². The van der Waals surface area contributed by atoms with E-state index < -0.39 is 0 Å². The summed E-state index contributed by atoms with van der Waals surface area (Å²) in [5.41, 5.74) is 0.727. The maximum Gasteiger partial charge on any atom is 0.233 e. The first-order valence-corrected chi connectivity index (χ1v) is 3.64. The van der Waals surface area contributed by atoms with Crippen molar-refractivity contribution < 1.29 is 9.84 Å². The third-order valence-electron chi connectivity index (χ3n) is 1.38. The highest BCUT2D eigenvalue weighted by molar-refractivity contribution is 6.21. The van der Waals surface area contributed by atoms with Crippen LogP contribution in [0.25, 0.3) is 0 Å². The van der Waals surface area contributed by atoms with Gasteiger partial charge >= 0.3 is 0 Å². The molecule has 0 bridgehead atoms. The fraction of sp³-hybridized carbons (Fsp3) is 0.125. The van der Waals surface area contributed by atoms with E-state index in [-0.39, 0.29) is 5.75 Å². The molecule has 0 aliphatic rings. The molecule has 1 rings (SSSR count). The molecule has 0 unspecified atom stereocenters. The van der Waals surface area contributed by atoms with Crippen molar-refractivity contribution in [1.82, 2.24) is 0 Å². The van der Waals surface area contributed by atoms with Crippen molar-refractivity contribution in [3.05, 3.63) is 29.8 Å². The Morgan fingerprint density at radius 1 is 1.42 bits per heavy atom. The van der Waals surface area contributed by atoms with Gasteiger partial charge in [0.25, 0.3) is 0 Å². The Labute approximate surface area is 75.4 Å². The zero-order valence-electron chi connectivity index (χ0n) is 6.49. The topological polar surface area (TPSA) is 41.8 Å². The van der Waals surface area contributed by atoms with Gasteiger partial charge in [-0.2, -0.15) is 0 Å². The maximum absolute atomic E-state index is 8.97. The second-order valence-electron chi connectivity index (χ2n) is 2.14. The van der Waals surface area contributed by atoms with Crippen LogP contribution in [0.4, 0.5) is 0 Å². The molecular formula is C8H8ClNO2. The number of methoxy groups -OCH3 is 1. The highest BCUT2D eigenvalue weighted by Crippen LogP contribution is 2.11. The van der Waals surface area contributed by atoms with Crippen LogP contribution in [0.3, 0.4) is 0 Å². The lowest BCUT2D eigenvalue weighted by molar-refractivity contribution is 0.406. The Morgan fingerprint density at radius 3 is 2.42 bits per heavy atom. The number of ether oxygens (including phenoxy) is 1. The molecule has 0 spiro atoms. The molecule has 0 aliphatic heterocycles. The standard InChI is InChI=1S/C8H8ClNO2/c1-12-8(10-9)6-2-4-7(11)5-3-6/h2-5,11H,1H3/b10-8-. The van der Waals surface area contributed by atoms with Crippen LogP contribution in [0.5, 0.6) is 5.75 Å². The summed E-state index contributed by atoms with van der Waals surface area (Å²) in [6.45, 7) is 0. The molecule has 0 saturated heterocycles. The van der Waals surface area contributed by atoms with Crippen molar-refractivity contribution >= 4 is 17.7 Å². The molecule has 0 radical (unpaired) electrons. The van der Waals surface area contributed by atoms with Crippen molar-refractivity contribution in [1.29, 1.82) is 0 Å². The molecule has 0 saturated carbocycles. The lowest BCUT2D eigenvalue weighted by atomic mass is 10.2. The maximum atomic E-state index is 8.97. The van der Waals surface area contributed by atoms with Crippen molar-refractivity contribution in [2.24, 2.45) is 4.51 Å². The summed E-state index contributed by atoms with van der Waals surface area (Å²) in [7, 11) is 1.48. The molecule has 64 valence electrons. The van der Waals surface area contributed by atoms with E-state index in [0.717, 1.165) is 5.56 Å². The van der Waals surface area contributed by atoms with Gasteiger partial charge in [-0.1, -0.05) is 0 Å². The summed E-state index contributed by atoms with van der Waals surface area (Å²) >= 11 is 5.24. The Kier molecular flexibility index (Phi) is 2.94. The molecule has 12 heavy (non-hydrogen) atoms. The molecule has 1 N–H and O–H groups in total. The smallest absolute Gasteiger partial charge is 0.233 e. The zero-order chi connectivity index (χ0) is 8.97. The van der Waals surface area contributed by atoms with Gasteiger partial charge < -0.3 is 9.84 Å². The average Bonchev–Trinajstić information content (AvgIpc) is 2.10. The van der Waals surface area contributed by atoms with Crippen LogP contribution in [0.2, 0.25) is 0 Å². The van der Waals surface area contributed by atoms with Gasteiger partial charge in [-0.15, -0.1) is 4.51 Å². The monoisotopic (exact) mass is 185 g/mol. The lowest BCUT2D eigenvalue weighted by Crippen LogP contribution is -2.01. The summed E-state index contributed by atoms with van der Waals surface area (Å²) in [5, 5.41) is 8.97. The fourth-order valence-corrected chi connectivity index (χ4v) is 0.972. The van der Waals surface area contributed by atoms with Crippen LogP contribution in [-0.2, 0) is 4.74 Å². The predicted molar refractivity (Wildman–Crippen MR) is 47.5 cm³/mol. The second-order valence-corrected chi connectivity index (χ2v) is 2.31. The highest BCUT2D eigenvalue weighted by Gasteiger charge is 2.01. The molecule has 0 atom stereocenters. The zero-order valence-corrected chi connectivity index (χ0v) is 7.25. The number of phenolic OH excluding ortho intramolecular Hbond substituents is 1. The van der Waals surface area contributed by atoms with E-state index in [1.807, 2.05) is 0 Å². The Balaban J connectivity index is 2.96. The first kappa shape index (κ1) is 8.87. The first-order valence-electron chi connectivity index (χ1n) is 3.30. The van der Waals surface area contributed by atoms with E-state index >= 15 is 0 Å². The van der Waals surface area contributed by atoms with Crippen LogP contribution in [0.1, 0.15) is 5.56 Å². The van der Waals surface area contributed by atoms with E-state index in [0.29, 0.717) is 5.90 Å². The number of hydrogen-bond donors (Lipinski definition) is 1. The molecule has 4 heteroatoms. The van der Waals surface area contributed by atoms with Crippen molar-refractivity contribution in [2.45, 2.75) is 0 Å². The SMILES string of the molecule is CO/C(=N\Cl)c1ccc(O)cc1. The number of benzene rings is 1. The predicted octanol–water partition coefficient (Wildman–Crippen LogP) is 1.94.